The van der Waals surface area contributed by atoms with Gasteiger partial charge in [0.2, 0.25) is 0 Å². The van der Waals surface area contributed by atoms with Crippen LogP contribution in [-0.4, -0.2) is 66.5 Å². The number of hydrogen-bond donors (Lipinski definition) is 0. The molecule has 34 heavy (non-hydrogen) atoms. The van der Waals surface area contributed by atoms with Crippen molar-refractivity contribution in [2.45, 2.75) is 25.3 Å². The normalized spacial score (nSPS) is 16.8. The Morgan fingerprint density at radius 3 is 2.50 bits per heavy atom. The zero-order valence-electron chi connectivity index (χ0n) is 18.6. The Hall–Kier alpha value is -3.36. The van der Waals surface area contributed by atoms with Gasteiger partial charge in [0.05, 0.1) is 41.2 Å². The van der Waals surface area contributed by atoms with Crippen LogP contribution in [0.5, 0.6) is 0 Å². The first kappa shape index (κ1) is 21.2. The number of carbonyl (C=O) groups excluding carboxylic acids is 1. The topological polar surface area (TPSA) is 79.5 Å². The molecule has 1 saturated heterocycles. The van der Waals surface area contributed by atoms with Crippen LogP contribution in [0.1, 0.15) is 40.5 Å². The monoisotopic (exact) mass is 473 g/mol. The highest BCUT2D eigenvalue weighted by Gasteiger charge is 2.28. The molecule has 6 rings (SSSR count). The first-order valence-electron chi connectivity index (χ1n) is 11.6. The van der Waals surface area contributed by atoms with Gasteiger partial charge in [-0.15, -0.1) is 0 Å². The molecule has 8 nitrogen and oxygen atoms in total. The molecule has 0 spiro atoms. The SMILES string of the molecule is O=C(c1ccnnc1)N1CCN(Cc2c(-c3ccc(Cl)cc3)nc3cnc(C4CC4)cn23)CC1. The van der Waals surface area contributed by atoms with Crippen molar-refractivity contribution in [1.29, 1.82) is 0 Å². The van der Waals surface area contributed by atoms with Gasteiger partial charge in [-0.1, -0.05) is 23.7 Å². The quantitative estimate of drug-likeness (QED) is 0.440. The highest BCUT2D eigenvalue weighted by Crippen LogP contribution is 2.39. The van der Waals surface area contributed by atoms with Gasteiger partial charge in [-0.05, 0) is 31.0 Å². The van der Waals surface area contributed by atoms with Crippen molar-refractivity contribution in [2.75, 3.05) is 26.2 Å². The minimum absolute atomic E-state index is 0.00588. The first-order valence-corrected chi connectivity index (χ1v) is 11.9. The van der Waals surface area contributed by atoms with Crippen LogP contribution in [0.25, 0.3) is 16.9 Å². The number of benzene rings is 1. The second-order valence-corrected chi connectivity index (χ2v) is 9.36. The number of imidazole rings is 1. The largest absolute Gasteiger partial charge is 0.336 e. The van der Waals surface area contributed by atoms with Crippen LogP contribution in [-0.2, 0) is 6.54 Å². The van der Waals surface area contributed by atoms with E-state index in [9.17, 15) is 4.79 Å². The van der Waals surface area contributed by atoms with Gasteiger partial charge in [0.25, 0.3) is 5.91 Å². The molecule has 0 radical (unpaired) electrons. The number of aromatic nitrogens is 5. The Balaban J connectivity index is 1.27. The number of amides is 1. The van der Waals surface area contributed by atoms with Gasteiger partial charge in [-0.25, -0.2) is 4.98 Å². The molecule has 172 valence electrons. The van der Waals surface area contributed by atoms with E-state index in [4.69, 9.17) is 16.6 Å². The van der Waals surface area contributed by atoms with E-state index in [2.05, 4.69) is 30.7 Å². The summed E-state index contributed by atoms with van der Waals surface area (Å²) >= 11 is 6.14. The van der Waals surface area contributed by atoms with Crippen molar-refractivity contribution >= 4 is 23.2 Å². The molecule has 3 aromatic heterocycles. The summed E-state index contributed by atoms with van der Waals surface area (Å²) in [6.07, 6.45) is 9.53. The number of piperazine rings is 1. The van der Waals surface area contributed by atoms with Crippen LogP contribution in [0, 0.1) is 0 Å². The predicted molar refractivity (Wildman–Crippen MR) is 129 cm³/mol. The molecule has 1 saturated carbocycles. The van der Waals surface area contributed by atoms with E-state index in [1.165, 1.54) is 19.0 Å². The van der Waals surface area contributed by atoms with Gasteiger partial charge in [-0.3, -0.25) is 19.1 Å². The van der Waals surface area contributed by atoms with Crippen molar-refractivity contribution in [3.05, 3.63) is 77.1 Å². The molecule has 1 aliphatic heterocycles. The lowest BCUT2D eigenvalue weighted by Gasteiger charge is -2.34. The number of hydrogen-bond acceptors (Lipinski definition) is 6. The summed E-state index contributed by atoms with van der Waals surface area (Å²) in [5.41, 5.74) is 5.69. The summed E-state index contributed by atoms with van der Waals surface area (Å²) in [7, 11) is 0. The van der Waals surface area contributed by atoms with Gasteiger partial charge < -0.3 is 4.90 Å². The lowest BCUT2D eigenvalue weighted by atomic mass is 10.1. The maximum Gasteiger partial charge on any atom is 0.255 e. The van der Waals surface area contributed by atoms with Gasteiger partial charge in [0.1, 0.15) is 0 Å². The molecular weight excluding hydrogens is 450 g/mol. The van der Waals surface area contributed by atoms with E-state index in [1.54, 1.807) is 12.3 Å². The van der Waals surface area contributed by atoms with E-state index in [1.807, 2.05) is 35.4 Å². The van der Waals surface area contributed by atoms with Crippen LogP contribution in [0.2, 0.25) is 5.02 Å². The average Bonchev–Trinajstić information content (AvgIpc) is 3.68. The molecule has 1 amide bonds. The predicted octanol–water partition coefficient (Wildman–Crippen LogP) is 3.68. The van der Waals surface area contributed by atoms with E-state index in [0.717, 1.165) is 47.9 Å². The van der Waals surface area contributed by atoms with Crippen LogP contribution < -0.4 is 0 Å². The summed E-state index contributed by atoms with van der Waals surface area (Å²) < 4.78 is 2.20. The van der Waals surface area contributed by atoms with Crippen molar-refractivity contribution in [2.24, 2.45) is 0 Å². The lowest BCUT2D eigenvalue weighted by molar-refractivity contribution is 0.0626. The standard InChI is InChI=1S/C25H24ClN7O/c26-20-5-3-18(4-6-20)24-22(33-15-21(17-1-2-17)27-14-23(33)30-24)16-31-9-11-32(12-10-31)25(34)19-7-8-28-29-13-19/h3-8,13-15,17H,1-2,9-12,16H2. The molecule has 2 aliphatic rings. The molecule has 9 heteroatoms. The molecule has 1 aliphatic carbocycles. The number of nitrogens with zero attached hydrogens (tertiary/aromatic N) is 7. The maximum atomic E-state index is 12.8. The third-order valence-corrected chi connectivity index (χ3v) is 6.86. The summed E-state index contributed by atoms with van der Waals surface area (Å²) in [4.78, 5) is 26.6. The smallest absolute Gasteiger partial charge is 0.255 e. The van der Waals surface area contributed by atoms with Gasteiger partial charge in [-0.2, -0.15) is 10.2 Å². The maximum absolute atomic E-state index is 12.8. The second kappa shape index (κ2) is 8.77. The molecule has 0 bridgehead atoms. The lowest BCUT2D eigenvalue weighted by Crippen LogP contribution is -2.48. The fourth-order valence-electron chi connectivity index (χ4n) is 4.52. The zero-order valence-corrected chi connectivity index (χ0v) is 19.4. The molecule has 0 atom stereocenters. The van der Waals surface area contributed by atoms with Gasteiger partial charge in [0.15, 0.2) is 5.65 Å². The third kappa shape index (κ3) is 4.15. The van der Waals surface area contributed by atoms with Crippen molar-refractivity contribution in [3.63, 3.8) is 0 Å². The Kier molecular flexibility index (Phi) is 5.47. The summed E-state index contributed by atoms with van der Waals surface area (Å²) in [5.74, 6) is 0.572. The van der Waals surface area contributed by atoms with Crippen molar-refractivity contribution < 1.29 is 4.79 Å². The highest BCUT2D eigenvalue weighted by atomic mass is 35.5. The summed E-state index contributed by atoms with van der Waals surface area (Å²) in [6, 6.07) is 9.54. The first-order chi connectivity index (χ1) is 16.7. The zero-order chi connectivity index (χ0) is 23.1. The second-order valence-electron chi connectivity index (χ2n) is 8.93. The van der Waals surface area contributed by atoms with Crippen LogP contribution in [0.15, 0.2) is 55.1 Å². The third-order valence-electron chi connectivity index (χ3n) is 6.61. The summed E-state index contributed by atoms with van der Waals surface area (Å²) in [5, 5.41) is 8.30. The van der Waals surface area contributed by atoms with Crippen LogP contribution >= 0.6 is 11.6 Å². The average molecular weight is 474 g/mol. The van der Waals surface area contributed by atoms with Crippen LogP contribution in [0.3, 0.4) is 0 Å². The van der Waals surface area contributed by atoms with E-state index < -0.39 is 0 Å². The van der Waals surface area contributed by atoms with E-state index >= 15 is 0 Å². The number of halogens is 1. The Labute approximate surface area is 202 Å². The Morgan fingerprint density at radius 2 is 1.79 bits per heavy atom. The molecular formula is C25H24ClN7O. The number of fused-ring (bicyclic) bond motifs is 1. The summed E-state index contributed by atoms with van der Waals surface area (Å²) in [6.45, 7) is 3.66. The van der Waals surface area contributed by atoms with Crippen molar-refractivity contribution in [3.8, 4) is 11.3 Å². The fourth-order valence-corrected chi connectivity index (χ4v) is 4.64. The molecule has 4 aromatic rings. The number of rotatable bonds is 5. The van der Waals surface area contributed by atoms with E-state index in [0.29, 0.717) is 29.6 Å². The van der Waals surface area contributed by atoms with Crippen LogP contribution in [0.4, 0.5) is 0 Å². The Morgan fingerprint density at radius 1 is 1.00 bits per heavy atom. The molecule has 0 unspecified atom stereocenters. The number of carbonyl (C=O) groups is 1. The van der Waals surface area contributed by atoms with E-state index in [-0.39, 0.29) is 5.91 Å². The minimum Gasteiger partial charge on any atom is -0.336 e. The van der Waals surface area contributed by atoms with Gasteiger partial charge >= 0.3 is 0 Å². The molecule has 1 aromatic carbocycles. The molecule has 4 heterocycles. The molecule has 2 fully saturated rings. The fraction of sp³-hybridized carbons (Fsp3) is 0.320. The van der Waals surface area contributed by atoms with Gasteiger partial charge in [0, 0.05) is 55.4 Å². The minimum atomic E-state index is 0.00588. The molecule has 0 N–H and O–H groups in total. The Bertz CT molecular complexity index is 1330. The van der Waals surface area contributed by atoms with Crippen molar-refractivity contribution in [1.82, 2.24) is 34.4 Å². The highest BCUT2D eigenvalue weighted by molar-refractivity contribution is 6.30.